The van der Waals surface area contributed by atoms with Gasteiger partial charge in [0.2, 0.25) is 11.8 Å². The normalized spacial score (nSPS) is 30.4. The molecule has 1 amide bonds. The molecule has 3 aliphatic rings. The summed E-state index contributed by atoms with van der Waals surface area (Å²) in [5.74, 6) is 2.13. The average Bonchev–Trinajstić information content (AvgIpc) is 3.10. The van der Waals surface area contributed by atoms with Crippen LogP contribution in [0.15, 0.2) is 24.4 Å². The molecule has 2 aliphatic heterocycles. The van der Waals surface area contributed by atoms with E-state index in [-0.39, 0.29) is 17.4 Å². The second-order valence-corrected chi connectivity index (χ2v) is 8.90. The molecule has 2 saturated heterocycles. The smallest absolute Gasteiger partial charge is 0.225 e. The van der Waals surface area contributed by atoms with Crippen molar-refractivity contribution in [2.24, 2.45) is 17.3 Å². The highest BCUT2D eigenvalue weighted by Crippen LogP contribution is 2.42. The summed E-state index contributed by atoms with van der Waals surface area (Å²) in [5.41, 5.74) is 0.232. The van der Waals surface area contributed by atoms with Crippen molar-refractivity contribution >= 4 is 5.91 Å². The fourth-order valence-corrected chi connectivity index (χ4v) is 4.93. The highest BCUT2D eigenvalue weighted by Gasteiger charge is 2.44. The fraction of sp³-hybridized carbons (Fsp3) is 0.727. The molecule has 3 heterocycles. The lowest BCUT2D eigenvalue weighted by Crippen LogP contribution is -2.46. The van der Waals surface area contributed by atoms with Gasteiger partial charge in [-0.05, 0) is 62.3 Å². The lowest BCUT2D eigenvalue weighted by atomic mass is 9.76. The van der Waals surface area contributed by atoms with Crippen LogP contribution in [0.5, 0.6) is 5.88 Å². The Balaban J connectivity index is 1.23. The standard InChI is InChI=1S/C22H32N2O3/c1-17-5-7-18(8-6-17)21(25)24-12-9-22(10-13-24)14-19(27-16-22)15-26-20-4-2-3-11-23-20/h2-4,11,17-19H,5-10,12-16H2,1H3. The molecular formula is C22H32N2O3. The quantitative estimate of drug-likeness (QED) is 0.809. The van der Waals surface area contributed by atoms with Crippen molar-refractivity contribution in [3.05, 3.63) is 24.4 Å². The van der Waals surface area contributed by atoms with E-state index in [9.17, 15) is 4.79 Å². The molecule has 3 fully saturated rings. The molecule has 1 aromatic heterocycles. The van der Waals surface area contributed by atoms with Gasteiger partial charge in [0.15, 0.2) is 0 Å². The van der Waals surface area contributed by atoms with Crippen molar-refractivity contribution < 1.29 is 14.3 Å². The van der Waals surface area contributed by atoms with E-state index in [1.165, 1.54) is 12.8 Å². The maximum atomic E-state index is 12.9. The molecule has 1 aliphatic carbocycles. The Morgan fingerprint density at radius 3 is 2.74 bits per heavy atom. The van der Waals surface area contributed by atoms with Crippen molar-refractivity contribution in [3.63, 3.8) is 0 Å². The Hall–Kier alpha value is -1.62. The summed E-state index contributed by atoms with van der Waals surface area (Å²) in [5, 5.41) is 0. The highest BCUT2D eigenvalue weighted by molar-refractivity contribution is 5.79. The molecule has 1 saturated carbocycles. The Morgan fingerprint density at radius 2 is 2.04 bits per heavy atom. The number of hydrogen-bond donors (Lipinski definition) is 0. The predicted molar refractivity (Wildman–Crippen MR) is 103 cm³/mol. The number of amides is 1. The first-order valence-electron chi connectivity index (χ1n) is 10.6. The molecule has 1 atom stereocenters. The molecule has 1 unspecified atom stereocenters. The van der Waals surface area contributed by atoms with Gasteiger partial charge < -0.3 is 14.4 Å². The van der Waals surface area contributed by atoms with Crippen LogP contribution in [0.25, 0.3) is 0 Å². The summed E-state index contributed by atoms with van der Waals surface area (Å²) >= 11 is 0. The molecule has 5 heteroatoms. The Bertz CT molecular complexity index is 620. The molecule has 0 N–H and O–H groups in total. The van der Waals surface area contributed by atoms with Gasteiger partial charge in [-0.1, -0.05) is 13.0 Å². The van der Waals surface area contributed by atoms with E-state index in [0.717, 1.165) is 57.7 Å². The van der Waals surface area contributed by atoms with Crippen molar-refractivity contribution in [1.82, 2.24) is 9.88 Å². The van der Waals surface area contributed by atoms with Crippen molar-refractivity contribution in [2.45, 2.75) is 58.0 Å². The molecule has 1 aromatic rings. The number of aromatic nitrogens is 1. The number of nitrogens with zero attached hydrogens (tertiary/aromatic N) is 2. The van der Waals surface area contributed by atoms with Gasteiger partial charge in [0, 0.05) is 31.3 Å². The van der Waals surface area contributed by atoms with E-state index in [1.807, 2.05) is 18.2 Å². The van der Waals surface area contributed by atoms with Gasteiger partial charge in [0.1, 0.15) is 6.61 Å². The number of carbonyl (C=O) groups is 1. The van der Waals surface area contributed by atoms with Crippen molar-refractivity contribution in [3.8, 4) is 5.88 Å². The number of likely N-dealkylation sites (tertiary alicyclic amines) is 1. The van der Waals surface area contributed by atoms with Gasteiger partial charge in [-0.15, -0.1) is 0 Å². The molecule has 0 aromatic carbocycles. The molecule has 4 rings (SSSR count). The van der Waals surface area contributed by atoms with Gasteiger partial charge in [-0.25, -0.2) is 4.98 Å². The number of pyridine rings is 1. The molecule has 27 heavy (non-hydrogen) atoms. The van der Waals surface area contributed by atoms with Crippen LogP contribution in [0.3, 0.4) is 0 Å². The van der Waals surface area contributed by atoms with Gasteiger partial charge >= 0.3 is 0 Å². The summed E-state index contributed by atoms with van der Waals surface area (Å²) < 4.78 is 11.8. The maximum absolute atomic E-state index is 12.9. The van der Waals surface area contributed by atoms with Crippen LogP contribution in [-0.4, -0.2) is 48.2 Å². The molecule has 0 radical (unpaired) electrons. The predicted octanol–water partition coefficient (Wildman–Crippen LogP) is 3.68. The second kappa shape index (κ2) is 8.17. The van der Waals surface area contributed by atoms with E-state index in [4.69, 9.17) is 9.47 Å². The summed E-state index contributed by atoms with van der Waals surface area (Å²) in [4.78, 5) is 19.2. The minimum absolute atomic E-state index is 0.133. The first-order valence-corrected chi connectivity index (χ1v) is 10.6. The summed E-state index contributed by atoms with van der Waals surface area (Å²) in [6.45, 7) is 5.44. The van der Waals surface area contributed by atoms with Gasteiger partial charge in [-0.3, -0.25) is 4.79 Å². The highest BCUT2D eigenvalue weighted by atomic mass is 16.5. The maximum Gasteiger partial charge on any atom is 0.225 e. The van der Waals surface area contributed by atoms with Crippen LogP contribution in [0.2, 0.25) is 0 Å². The van der Waals surface area contributed by atoms with E-state index in [2.05, 4.69) is 16.8 Å². The Labute approximate surface area is 162 Å². The van der Waals surface area contributed by atoms with Crippen LogP contribution >= 0.6 is 0 Å². The first kappa shape index (κ1) is 18.7. The monoisotopic (exact) mass is 372 g/mol. The summed E-state index contributed by atoms with van der Waals surface area (Å²) in [7, 11) is 0. The number of piperidine rings is 1. The van der Waals surface area contributed by atoms with Crippen LogP contribution < -0.4 is 4.74 Å². The topological polar surface area (TPSA) is 51.7 Å². The van der Waals surface area contributed by atoms with E-state index < -0.39 is 0 Å². The van der Waals surface area contributed by atoms with Crippen molar-refractivity contribution in [2.75, 3.05) is 26.3 Å². The molecular weight excluding hydrogens is 340 g/mol. The van der Waals surface area contributed by atoms with Crippen LogP contribution in [0.4, 0.5) is 0 Å². The van der Waals surface area contributed by atoms with Crippen LogP contribution in [0, 0.1) is 17.3 Å². The fourth-order valence-electron chi connectivity index (χ4n) is 4.93. The lowest BCUT2D eigenvalue weighted by Gasteiger charge is -2.40. The zero-order chi connectivity index (χ0) is 18.7. The zero-order valence-electron chi connectivity index (χ0n) is 16.4. The Morgan fingerprint density at radius 1 is 1.26 bits per heavy atom. The first-order chi connectivity index (χ1) is 13.1. The summed E-state index contributed by atoms with van der Waals surface area (Å²) in [6, 6.07) is 5.69. The minimum atomic E-state index is 0.133. The van der Waals surface area contributed by atoms with Gasteiger partial charge in [-0.2, -0.15) is 0 Å². The van der Waals surface area contributed by atoms with Crippen LogP contribution in [-0.2, 0) is 9.53 Å². The zero-order valence-corrected chi connectivity index (χ0v) is 16.4. The third kappa shape index (κ3) is 4.45. The van der Waals surface area contributed by atoms with Crippen LogP contribution in [0.1, 0.15) is 51.9 Å². The summed E-state index contributed by atoms with van der Waals surface area (Å²) in [6.07, 6.45) is 9.60. The van der Waals surface area contributed by atoms with Gasteiger partial charge in [0.25, 0.3) is 0 Å². The van der Waals surface area contributed by atoms with E-state index >= 15 is 0 Å². The molecule has 148 valence electrons. The lowest BCUT2D eigenvalue weighted by molar-refractivity contribution is -0.139. The largest absolute Gasteiger partial charge is 0.475 e. The van der Waals surface area contributed by atoms with E-state index in [1.54, 1.807) is 6.20 Å². The molecule has 0 bridgehead atoms. The number of rotatable bonds is 4. The van der Waals surface area contributed by atoms with Crippen molar-refractivity contribution in [1.29, 1.82) is 0 Å². The molecule has 5 nitrogen and oxygen atoms in total. The minimum Gasteiger partial charge on any atom is -0.475 e. The van der Waals surface area contributed by atoms with E-state index in [0.29, 0.717) is 18.4 Å². The second-order valence-electron chi connectivity index (χ2n) is 8.90. The average molecular weight is 373 g/mol. The molecule has 1 spiro atoms. The Kier molecular flexibility index (Phi) is 5.67. The third-order valence-electron chi connectivity index (χ3n) is 6.84. The SMILES string of the molecule is CC1CCC(C(=O)N2CCC3(CC2)COC(COc2ccccn2)C3)CC1. The number of ether oxygens (including phenoxy) is 2. The number of hydrogen-bond acceptors (Lipinski definition) is 4. The number of carbonyl (C=O) groups excluding carboxylic acids is 1. The third-order valence-corrected chi connectivity index (χ3v) is 6.84. The van der Waals surface area contributed by atoms with Gasteiger partial charge in [0.05, 0.1) is 12.7 Å².